The van der Waals surface area contributed by atoms with Crippen molar-refractivity contribution in [2.45, 2.75) is 51.0 Å². The van der Waals surface area contributed by atoms with Crippen molar-refractivity contribution in [3.05, 3.63) is 0 Å². The summed E-state index contributed by atoms with van der Waals surface area (Å²) < 4.78 is 0. The molecule has 0 amide bonds. The first-order chi connectivity index (χ1) is 5.77. The second-order valence-corrected chi connectivity index (χ2v) is 4.13. The van der Waals surface area contributed by atoms with Gasteiger partial charge in [-0.1, -0.05) is 19.3 Å². The van der Waals surface area contributed by atoms with Crippen LogP contribution in [0, 0.1) is 0 Å². The van der Waals surface area contributed by atoms with Gasteiger partial charge in [-0.25, -0.2) is 0 Å². The molecule has 1 fully saturated rings. The van der Waals surface area contributed by atoms with Crippen LogP contribution in [0.25, 0.3) is 0 Å². The van der Waals surface area contributed by atoms with Crippen molar-refractivity contribution in [3.63, 3.8) is 0 Å². The molecule has 0 spiro atoms. The minimum absolute atomic E-state index is 0.309. The van der Waals surface area contributed by atoms with Crippen molar-refractivity contribution in [3.8, 4) is 0 Å². The lowest BCUT2D eigenvalue weighted by molar-refractivity contribution is 0.235. The van der Waals surface area contributed by atoms with E-state index in [-0.39, 0.29) is 0 Å². The Morgan fingerprint density at radius 2 is 1.92 bits per heavy atom. The van der Waals surface area contributed by atoms with E-state index in [2.05, 4.69) is 12.2 Å². The molecule has 1 aliphatic carbocycles. The molecular weight excluding hydrogens is 150 g/mol. The number of rotatable bonds is 4. The molecule has 72 valence electrons. The smallest absolute Gasteiger partial charge is 0.0443 e. The van der Waals surface area contributed by atoms with Crippen molar-refractivity contribution in [1.29, 1.82) is 0 Å². The van der Waals surface area contributed by atoms with E-state index in [1.165, 1.54) is 32.1 Å². The second kappa shape index (κ2) is 4.83. The molecule has 0 radical (unpaired) electrons. The van der Waals surface area contributed by atoms with Crippen molar-refractivity contribution in [2.24, 2.45) is 0 Å². The summed E-state index contributed by atoms with van der Waals surface area (Å²) in [5.74, 6) is 0. The van der Waals surface area contributed by atoms with Crippen molar-refractivity contribution in [2.75, 3.05) is 13.2 Å². The van der Waals surface area contributed by atoms with Crippen LogP contribution in [0.2, 0.25) is 0 Å². The first kappa shape index (κ1) is 10.0. The zero-order chi connectivity index (χ0) is 8.86. The second-order valence-electron chi connectivity index (χ2n) is 4.13. The van der Waals surface area contributed by atoms with E-state index in [1.807, 2.05) is 0 Å². The molecule has 0 saturated heterocycles. The van der Waals surface area contributed by atoms with Crippen molar-refractivity contribution >= 4 is 0 Å². The van der Waals surface area contributed by atoms with Crippen LogP contribution in [0.15, 0.2) is 0 Å². The Morgan fingerprint density at radius 3 is 2.50 bits per heavy atom. The summed E-state index contributed by atoms with van der Waals surface area (Å²) in [4.78, 5) is 0. The van der Waals surface area contributed by atoms with E-state index in [4.69, 9.17) is 5.11 Å². The van der Waals surface area contributed by atoms with Gasteiger partial charge in [0.1, 0.15) is 0 Å². The van der Waals surface area contributed by atoms with Crippen LogP contribution in [-0.4, -0.2) is 23.8 Å². The summed E-state index contributed by atoms with van der Waals surface area (Å²) in [5, 5.41) is 12.2. The molecule has 12 heavy (non-hydrogen) atoms. The van der Waals surface area contributed by atoms with Crippen LogP contribution in [-0.2, 0) is 0 Å². The highest BCUT2D eigenvalue weighted by molar-refractivity contribution is 4.85. The molecular formula is C10H21NO. The van der Waals surface area contributed by atoms with Gasteiger partial charge in [-0.3, -0.25) is 0 Å². The van der Waals surface area contributed by atoms with E-state index >= 15 is 0 Å². The van der Waals surface area contributed by atoms with E-state index in [1.54, 1.807) is 0 Å². The molecule has 0 heterocycles. The van der Waals surface area contributed by atoms with Crippen molar-refractivity contribution < 1.29 is 5.11 Å². The normalized spacial score (nSPS) is 22.5. The number of aliphatic hydroxyl groups is 1. The minimum atomic E-state index is 0.309. The predicted molar refractivity (Wildman–Crippen MR) is 51.2 cm³/mol. The van der Waals surface area contributed by atoms with Gasteiger partial charge >= 0.3 is 0 Å². The highest BCUT2D eigenvalue weighted by Gasteiger charge is 2.25. The van der Waals surface area contributed by atoms with Gasteiger partial charge in [0.15, 0.2) is 0 Å². The zero-order valence-corrected chi connectivity index (χ0v) is 8.10. The summed E-state index contributed by atoms with van der Waals surface area (Å²) in [7, 11) is 0. The number of nitrogens with one attached hydrogen (secondary N) is 1. The van der Waals surface area contributed by atoms with E-state index in [9.17, 15) is 0 Å². The first-order valence-corrected chi connectivity index (χ1v) is 5.13. The fourth-order valence-electron chi connectivity index (χ4n) is 1.98. The van der Waals surface area contributed by atoms with Crippen LogP contribution in [0.3, 0.4) is 0 Å². The maximum absolute atomic E-state index is 8.64. The van der Waals surface area contributed by atoms with Gasteiger partial charge in [-0.05, 0) is 32.7 Å². The summed E-state index contributed by atoms with van der Waals surface area (Å²) in [6.07, 6.45) is 7.62. The maximum atomic E-state index is 8.64. The monoisotopic (exact) mass is 171 g/mol. The largest absolute Gasteiger partial charge is 0.396 e. The van der Waals surface area contributed by atoms with Crippen LogP contribution >= 0.6 is 0 Å². The number of hydrogen-bond acceptors (Lipinski definition) is 2. The fourth-order valence-corrected chi connectivity index (χ4v) is 1.98. The van der Waals surface area contributed by atoms with Gasteiger partial charge in [0, 0.05) is 12.1 Å². The minimum Gasteiger partial charge on any atom is -0.396 e. The van der Waals surface area contributed by atoms with Gasteiger partial charge in [0.25, 0.3) is 0 Å². The molecule has 2 nitrogen and oxygen atoms in total. The lowest BCUT2D eigenvalue weighted by atomic mass is 9.83. The molecule has 0 atom stereocenters. The van der Waals surface area contributed by atoms with Crippen molar-refractivity contribution in [1.82, 2.24) is 5.32 Å². The lowest BCUT2D eigenvalue weighted by Gasteiger charge is -2.34. The van der Waals surface area contributed by atoms with Crippen LogP contribution in [0.4, 0.5) is 0 Å². The number of aliphatic hydroxyl groups excluding tert-OH is 1. The Bertz CT molecular complexity index is 119. The Kier molecular flexibility index (Phi) is 4.02. The van der Waals surface area contributed by atoms with Gasteiger partial charge in [-0.2, -0.15) is 0 Å². The van der Waals surface area contributed by atoms with E-state index in [0.717, 1.165) is 13.0 Å². The highest BCUT2D eigenvalue weighted by atomic mass is 16.3. The average molecular weight is 171 g/mol. The van der Waals surface area contributed by atoms with Gasteiger partial charge in [0.2, 0.25) is 0 Å². The standard InChI is InChI=1S/C10H21NO/c1-10(11-8-5-9-12)6-3-2-4-7-10/h11-12H,2-9H2,1H3. The highest BCUT2D eigenvalue weighted by Crippen LogP contribution is 2.27. The molecule has 2 heteroatoms. The van der Waals surface area contributed by atoms with E-state index < -0.39 is 0 Å². The van der Waals surface area contributed by atoms with Crippen LogP contribution in [0.1, 0.15) is 45.4 Å². The Balaban J connectivity index is 2.17. The summed E-state index contributed by atoms with van der Waals surface area (Å²) in [6, 6.07) is 0. The molecule has 1 saturated carbocycles. The molecule has 2 N–H and O–H groups in total. The third-order valence-electron chi connectivity index (χ3n) is 2.84. The van der Waals surface area contributed by atoms with Gasteiger partial charge in [-0.15, -0.1) is 0 Å². The third-order valence-corrected chi connectivity index (χ3v) is 2.84. The van der Waals surface area contributed by atoms with Gasteiger partial charge in [0.05, 0.1) is 0 Å². The first-order valence-electron chi connectivity index (χ1n) is 5.13. The summed E-state index contributed by atoms with van der Waals surface area (Å²) >= 11 is 0. The maximum Gasteiger partial charge on any atom is 0.0443 e. The molecule has 0 aromatic rings. The molecule has 0 aromatic heterocycles. The fraction of sp³-hybridized carbons (Fsp3) is 1.00. The summed E-state index contributed by atoms with van der Waals surface area (Å²) in [6.45, 7) is 3.58. The SMILES string of the molecule is CC1(NCCCO)CCCCC1. The van der Waals surface area contributed by atoms with Gasteiger partial charge < -0.3 is 10.4 Å². The molecule has 1 rings (SSSR count). The predicted octanol–water partition coefficient (Wildman–Crippen LogP) is 1.68. The third kappa shape index (κ3) is 3.11. The topological polar surface area (TPSA) is 32.3 Å². The lowest BCUT2D eigenvalue weighted by Crippen LogP contribution is -2.44. The zero-order valence-electron chi connectivity index (χ0n) is 8.10. The van der Waals surface area contributed by atoms with Crippen LogP contribution < -0.4 is 5.32 Å². The Hall–Kier alpha value is -0.0800. The average Bonchev–Trinajstić information content (AvgIpc) is 2.06. The van der Waals surface area contributed by atoms with Crippen LogP contribution in [0.5, 0.6) is 0 Å². The number of hydrogen-bond donors (Lipinski definition) is 2. The van der Waals surface area contributed by atoms with E-state index in [0.29, 0.717) is 12.1 Å². The molecule has 0 bridgehead atoms. The Labute approximate surface area is 75.4 Å². The molecule has 0 unspecified atom stereocenters. The molecule has 0 aromatic carbocycles. The Morgan fingerprint density at radius 1 is 1.25 bits per heavy atom. The molecule has 1 aliphatic rings. The summed E-state index contributed by atoms with van der Waals surface area (Å²) in [5.41, 5.74) is 0.368. The quantitative estimate of drug-likeness (QED) is 0.631. The molecule has 0 aliphatic heterocycles.